The fraction of sp³-hybridized carbons (Fsp3) is 0.562. The molecule has 2 aromatic rings. The number of hydrogen-bond donors (Lipinski definition) is 3. The SMILES string of the molecule is Cc1sc2nc(CCC(=O)NCC(O)C(C)C)[nH]c(=O)c2c1C. The van der Waals surface area contributed by atoms with Crippen molar-refractivity contribution in [3.63, 3.8) is 0 Å². The van der Waals surface area contributed by atoms with E-state index in [1.807, 2.05) is 27.7 Å². The van der Waals surface area contributed by atoms with Crippen LogP contribution in [-0.4, -0.2) is 33.6 Å². The summed E-state index contributed by atoms with van der Waals surface area (Å²) in [7, 11) is 0. The number of nitrogens with one attached hydrogen (secondary N) is 2. The average molecular weight is 337 g/mol. The van der Waals surface area contributed by atoms with Gasteiger partial charge in [-0.1, -0.05) is 13.8 Å². The number of aliphatic hydroxyl groups excluding tert-OH is 1. The molecule has 3 N–H and O–H groups in total. The smallest absolute Gasteiger partial charge is 0.259 e. The van der Waals surface area contributed by atoms with Crippen molar-refractivity contribution in [3.8, 4) is 0 Å². The summed E-state index contributed by atoms with van der Waals surface area (Å²) in [6, 6.07) is 0. The number of hydrogen-bond acceptors (Lipinski definition) is 5. The van der Waals surface area contributed by atoms with Crippen molar-refractivity contribution < 1.29 is 9.90 Å². The van der Waals surface area contributed by atoms with Gasteiger partial charge in [-0.15, -0.1) is 11.3 Å². The topological polar surface area (TPSA) is 95.1 Å². The molecule has 0 aliphatic carbocycles. The summed E-state index contributed by atoms with van der Waals surface area (Å²) in [5, 5.41) is 13.0. The Morgan fingerprint density at radius 1 is 1.39 bits per heavy atom. The van der Waals surface area contributed by atoms with Crippen LogP contribution in [0.3, 0.4) is 0 Å². The molecule has 0 saturated carbocycles. The summed E-state index contributed by atoms with van der Waals surface area (Å²) in [6.45, 7) is 7.91. The van der Waals surface area contributed by atoms with E-state index in [9.17, 15) is 14.7 Å². The molecule has 1 unspecified atom stereocenters. The molecule has 2 rings (SSSR count). The number of rotatable bonds is 6. The number of thiophene rings is 1. The summed E-state index contributed by atoms with van der Waals surface area (Å²) in [4.78, 5) is 33.0. The third-order valence-electron chi connectivity index (χ3n) is 3.95. The number of aliphatic hydroxyl groups is 1. The first-order chi connectivity index (χ1) is 10.8. The number of nitrogens with zero attached hydrogens (tertiary/aromatic N) is 1. The van der Waals surface area contributed by atoms with Gasteiger partial charge in [0.15, 0.2) is 0 Å². The molecule has 0 aliphatic rings. The van der Waals surface area contributed by atoms with Crippen molar-refractivity contribution in [2.75, 3.05) is 6.54 Å². The molecule has 0 aliphatic heterocycles. The molecule has 0 saturated heterocycles. The summed E-state index contributed by atoms with van der Waals surface area (Å²) >= 11 is 1.49. The number of carbonyl (C=O) groups is 1. The normalized spacial score (nSPS) is 12.8. The molecule has 2 aromatic heterocycles. The number of amides is 1. The highest BCUT2D eigenvalue weighted by atomic mass is 32.1. The minimum Gasteiger partial charge on any atom is -0.391 e. The largest absolute Gasteiger partial charge is 0.391 e. The fourth-order valence-electron chi connectivity index (χ4n) is 2.19. The maximum Gasteiger partial charge on any atom is 0.259 e. The second-order valence-corrected chi connectivity index (χ2v) is 7.29. The molecule has 0 radical (unpaired) electrons. The molecule has 0 spiro atoms. The van der Waals surface area contributed by atoms with Crippen molar-refractivity contribution in [1.82, 2.24) is 15.3 Å². The molecule has 0 aromatic carbocycles. The molecule has 0 bridgehead atoms. The maximum atomic E-state index is 12.1. The zero-order valence-electron chi connectivity index (χ0n) is 13.9. The Morgan fingerprint density at radius 3 is 2.74 bits per heavy atom. The van der Waals surface area contributed by atoms with Crippen molar-refractivity contribution in [3.05, 3.63) is 26.6 Å². The number of aromatic amines is 1. The van der Waals surface area contributed by atoms with Crippen molar-refractivity contribution in [2.45, 2.75) is 46.6 Å². The predicted octanol–water partition coefficient (Wildman–Crippen LogP) is 1.67. The fourth-order valence-corrected chi connectivity index (χ4v) is 3.24. The molecule has 7 heteroatoms. The van der Waals surface area contributed by atoms with E-state index in [-0.39, 0.29) is 30.3 Å². The van der Waals surface area contributed by atoms with E-state index in [2.05, 4.69) is 15.3 Å². The molecule has 23 heavy (non-hydrogen) atoms. The van der Waals surface area contributed by atoms with Crippen LogP contribution in [0.25, 0.3) is 10.2 Å². The number of fused-ring (bicyclic) bond motifs is 1. The van der Waals surface area contributed by atoms with Crippen molar-refractivity contribution in [1.29, 1.82) is 0 Å². The van der Waals surface area contributed by atoms with Gasteiger partial charge < -0.3 is 15.4 Å². The van der Waals surface area contributed by atoms with Crippen molar-refractivity contribution >= 4 is 27.5 Å². The van der Waals surface area contributed by atoms with Gasteiger partial charge >= 0.3 is 0 Å². The number of carbonyl (C=O) groups excluding carboxylic acids is 1. The average Bonchev–Trinajstić information content (AvgIpc) is 2.77. The number of aromatic nitrogens is 2. The summed E-state index contributed by atoms with van der Waals surface area (Å²) in [6.07, 6.45) is 0.0400. The van der Waals surface area contributed by atoms with E-state index >= 15 is 0 Å². The minimum absolute atomic E-state index is 0.0982. The van der Waals surface area contributed by atoms with Crippen LogP contribution in [0.4, 0.5) is 0 Å². The first-order valence-electron chi connectivity index (χ1n) is 7.73. The molecule has 126 valence electrons. The van der Waals surface area contributed by atoms with Gasteiger partial charge in [0.25, 0.3) is 5.56 Å². The Bertz CT molecular complexity index is 764. The second-order valence-electron chi connectivity index (χ2n) is 6.09. The maximum absolute atomic E-state index is 12.1. The predicted molar refractivity (Wildman–Crippen MR) is 91.9 cm³/mol. The number of aryl methyl sites for hydroxylation is 3. The van der Waals surface area contributed by atoms with Gasteiger partial charge in [0.1, 0.15) is 10.7 Å². The Kier molecular flexibility index (Phi) is 5.54. The van der Waals surface area contributed by atoms with Gasteiger partial charge in [0.05, 0.1) is 11.5 Å². The Balaban J connectivity index is 2.00. The van der Waals surface area contributed by atoms with E-state index in [0.717, 1.165) is 15.3 Å². The zero-order chi connectivity index (χ0) is 17.1. The van der Waals surface area contributed by atoms with Crippen LogP contribution in [0.1, 0.15) is 36.5 Å². The molecular formula is C16H23N3O3S. The van der Waals surface area contributed by atoms with E-state index in [1.54, 1.807) is 0 Å². The highest BCUT2D eigenvalue weighted by molar-refractivity contribution is 7.18. The van der Waals surface area contributed by atoms with Gasteiger partial charge in [-0.05, 0) is 25.3 Å². The van der Waals surface area contributed by atoms with Gasteiger partial charge in [-0.25, -0.2) is 4.98 Å². The zero-order valence-corrected chi connectivity index (χ0v) is 14.7. The molecule has 2 heterocycles. The summed E-state index contributed by atoms with van der Waals surface area (Å²) in [5.41, 5.74) is 0.813. The van der Waals surface area contributed by atoms with Crippen molar-refractivity contribution in [2.24, 2.45) is 5.92 Å². The van der Waals surface area contributed by atoms with Gasteiger partial charge in [-0.2, -0.15) is 0 Å². The van der Waals surface area contributed by atoms with Gasteiger partial charge in [0.2, 0.25) is 5.91 Å². The van der Waals surface area contributed by atoms with Crippen LogP contribution in [-0.2, 0) is 11.2 Å². The summed E-state index contributed by atoms with van der Waals surface area (Å²) in [5.74, 6) is 0.454. The van der Waals surface area contributed by atoms with Gasteiger partial charge in [0, 0.05) is 24.3 Å². The van der Waals surface area contributed by atoms with Crippen LogP contribution in [0.2, 0.25) is 0 Å². The molecule has 6 nitrogen and oxygen atoms in total. The van der Waals surface area contributed by atoms with E-state index in [0.29, 0.717) is 17.6 Å². The van der Waals surface area contributed by atoms with Crippen LogP contribution in [0.5, 0.6) is 0 Å². The molecule has 0 fully saturated rings. The lowest BCUT2D eigenvalue weighted by Crippen LogP contribution is -2.34. The highest BCUT2D eigenvalue weighted by Gasteiger charge is 2.14. The lowest BCUT2D eigenvalue weighted by Gasteiger charge is -2.14. The summed E-state index contributed by atoms with van der Waals surface area (Å²) < 4.78 is 0. The molecule has 1 atom stereocenters. The van der Waals surface area contributed by atoms with E-state index in [1.165, 1.54) is 11.3 Å². The van der Waals surface area contributed by atoms with E-state index in [4.69, 9.17) is 0 Å². The standard InChI is InChI=1S/C16H23N3O3S/c1-8(2)11(20)7-17-13(21)6-5-12-18-15(22)14-9(3)10(4)23-16(14)19-12/h8,11,20H,5-7H2,1-4H3,(H,17,21)(H,18,19,22). The molecular weight excluding hydrogens is 314 g/mol. The lowest BCUT2D eigenvalue weighted by atomic mass is 10.1. The Morgan fingerprint density at radius 2 is 2.09 bits per heavy atom. The van der Waals surface area contributed by atoms with Gasteiger partial charge in [-0.3, -0.25) is 9.59 Å². The van der Waals surface area contributed by atoms with Crippen LogP contribution < -0.4 is 10.9 Å². The third-order valence-corrected chi connectivity index (χ3v) is 5.06. The monoisotopic (exact) mass is 337 g/mol. The Hall–Kier alpha value is -1.73. The minimum atomic E-state index is -0.551. The van der Waals surface area contributed by atoms with E-state index < -0.39 is 6.10 Å². The third kappa shape index (κ3) is 4.17. The first-order valence-corrected chi connectivity index (χ1v) is 8.55. The Labute approximate surface area is 139 Å². The van der Waals surface area contributed by atoms with Crippen LogP contribution in [0.15, 0.2) is 4.79 Å². The second kappa shape index (κ2) is 7.23. The van der Waals surface area contributed by atoms with Crippen LogP contribution in [0, 0.1) is 19.8 Å². The van der Waals surface area contributed by atoms with Crippen LogP contribution >= 0.6 is 11.3 Å². The quantitative estimate of drug-likeness (QED) is 0.747. The lowest BCUT2D eigenvalue weighted by molar-refractivity contribution is -0.121. The highest BCUT2D eigenvalue weighted by Crippen LogP contribution is 2.25. The molecule has 1 amide bonds. The number of H-pyrrole nitrogens is 1. The first kappa shape index (κ1) is 17.6.